The van der Waals surface area contributed by atoms with Crippen LogP contribution in [0.2, 0.25) is 34.8 Å². The van der Waals surface area contributed by atoms with Gasteiger partial charge in [-0.3, -0.25) is 14.4 Å². The molecule has 18 heteroatoms. The number of ether oxygens (including phenoxy) is 6. The zero-order chi connectivity index (χ0) is 61.9. The third-order valence-corrected chi connectivity index (χ3v) is 30.1. The average Bonchev–Trinajstić information content (AvgIpc) is 0.734. The third-order valence-electron chi connectivity index (χ3n) is 19.4. The Bertz CT molecular complexity index is 2930. The number of ketones is 1. The Morgan fingerprint density at radius 3 is 1.90 bits per heavy atom. The summed E-state index contributed by atoms with van der Waals surface area (Å²) >= 11 is 0. The molecule has 2 N–H and O–H groups in total. The summed E-state index contributed by atoms with van der Waals surface area (Å²) in [4.78, 5) is 90.7. The fourth-order valence-corrected chi connectivity index (χ4v) is 23.1. The molecule has 0 unspecified atom stereocenters. The number of rotatable bonds is 24. The fourth-order valence-electron chi connectivity index (χ4n) is 14.7. The monoisotopic (exact) mass is 1190 g/mol. The normalized spacial score (nSPS) is 27.1. The minimum atomic E-state index is -3.17. The first-order chi connectivity index (χ1) is 39.6. The molecule has 0 aromatic heterocycles. The van der Waals surface area contributed by atoms with Crippen LogP contribution in [0.1, 0.15) is 142 Å². The van der Waals surface area contributed by atoms with E-state index in [1.54, 1.807) is 119 Å². The summed E-state index contributed by atoms with van der Waals surface area (Å²) in [7, 11) is -5.88. The molecule has 1 aliphatic heterocycles. The van der Waals surface area contributed by atoms with Crippen molar-refractivity contribution in [3.05, 3.63) is 138 Å². The van der Waals surface area contributed by atoms with Gasteiger partial charge in [-0.1, -0.05) is 150 Å². The van der Waals surface area contributed by atoms with E-state index in [0.29, 0.717) is 35.0 Å². The van der Waals surface area contributed by atoms with Crippen LogP contribution in [-0.4, -0.2) is 118 Å². The van der Waals surface area contributed by atoms with Crippen LogP contribution in [0.3, 0.4) is 0 Å². The highest BCUT2D eigenvalue weighted by Gasteiger charge is 2.79. The fraction of sp³-hybridized carbons (Fsp3) is 0.545. The van der Waals surface area contributed by atoms with Gasteiger partial charge in [-0.25, -0.2) is 14.4 Å². The number of carbonyl (C=O) groups is 6. The molecule has 16 nitrogen and oxygen atoms in total. The Labute approximate surface area is 498 Å². The molecule has 0 spiro atoms. The smallest absolute Gasteiger partial charge is 0.338 e. The summed E-state index contributed by atoms with van der Waals surface area (Å²) in [5, 5.41) is 17.8. The molecule has 84 heavy (non-hydrogen) atoms. The zero-order valence-corrected chi connectivity index (χ0v) is 53.6. The topological polar surface area (TPSA) is 209 Å². The summed E-state index contributed by atoms with van der Waals surface area (Å²) in [5.41, 5.74) is -6.85. The molecule has 1 heterocycles. The molecule has 11 atom stereocenters. The summed E-state index contributed by atoms with van der Waals surface area (Å²) in [6.07, 6.45) is -6.50. The van der Waals surface area contributed by atoms with E-state index in [0.717, 1.165) is 6.08 Å². The Kier molecular flexibility index (Phi) is 20.2. The van der Waals surface area contributed by atoms with Crippen molar-refractivity contribution in [1.29, 1.82) is 0 Å². The highest BCUT2D eigenvalue weighted by molar-refractivity contribution is 6.77. The van der Waals surface area contributed by atoms with E-state index in [4.69, 9.17) is 37.3 Å². The second-order valence-electron chi connectivity index (χ2n) is 24.9. The molecular formula is C66H89NO15Si2. The van der Waals surface area contributed by atoms with Crippen LogP contribution in [0.25, 0.3) is 0 Å². The Balaban J connectivity index is 1.54. The number of Topliss-reactive ketones (excluding diaryl/α,β-unsaturated/α-hetero) is 1. The number of esters is 4. The highest BCUT2D eigenvalue weighted by Crippen LogP contribution is 2.65. The standard InChI is InChI=1S/C66H89NO15Si2/c1-17-36-75-48-35-29-28-34-47(48)54(67-60(71)45-30-24-22-25-31-45)56(82-84(40(6)7,41(8)9)42(10)11)62(73)78-49-38-66(74)59(79-61(72)46-32-26-23-27-33-46)57-64(16,58(70)55(77-44(13)68)53(43(49)12)63(66,14)15)50(81-83(19-3,20-4)21-5)37-51-65(57,39-76-51)80-52(69)18-2/h17-18,22-35,40-42,49-51,54-57,59,74H,1-2,19-21,36-39H2,3-16H3,(H,67,71)/t49-,50-,51+,54-,55+,56+,57-,59-,64+,65-,66+/m0/s1. The Hall–Kier alpha value is -6.03. The number of amides is 1. The van der Waals surface area contributed by atoms with Crippen LogP contribution in [0.4, 0.5) is 0 Å². The van der Waals surface area contributed by atoms with Crippen molar-refractivity contribution in [2.45, 2.75) is 198 Å². The first-order valence-corrected chi connectivity index (χ1v) is 34.4. The maximum atomic E-state index is 16.8. The van der Waals surface area contributed by atoms with Crippen LogP contribution < -0.4 is 10.1 Å². The van der Waals surface area contributed by atoms with Gasteiger partial charge in [0.15, 0.2) is 31.9 Å². The SMILES string of the molecule is C=CCOc1ccccc1[C@H](NC(=O)c1ccccc1)[C@@H](O[Si](C(C)C)(C(C)C)C(C)C)C(=O)O[C@H]1C[C@@]2(O)[C@@H](OC(=O)c3ccccc3)[C@@H]3[C@]4(OC(=O)C=C)CO[C@@H]4C[C@H](O[Si](CC)(CC)CC)[C@@]3(C)C(=O)[C@H](OC(C)=O)C(=C1C)C2(C)C. The highest BCUT2D eigenvalue weighted by atomic mass is 28.4. The van der Waals surface area contributed by atoms with E-state index in [-0.39, 0.29) is 53.0 Å². The molecule has 2 bridgehead atoms. The van der Waals surface area contributed by atoms with Crippen LogP contribution >= 0.6 is 0 Å². The predicted octanol–water partition coefficient (Wildman–Crippen LogP) is 11.7. The van der Waals surface area contributed by atoms with Gasteiger partial charge in [0, 0.05) is 42.4 Å². The minimum absolute atomic E-state index is 0.0448. The molecule has 456 valence electrons. The van der Waals surface area contributed by atoms with Crippen LogP contribution in [0.15, 0.2) is 121 Å². The first-order valence-electron chi connectivity index (χ1n) is 29.8. The number of carbonyl (C=O) groups excluding carboxylic acids is 6. The lowest BCUT2D eigenvalue weighted by Crippen LogP contribution is -2.82. The first kappa shape index (κ1) is 65.5. The molecular weight excluding hydrogens is 1100 g/mol. The van der Waals surface area contributed by atoms with Gasteiger partial charge < -0.3 is 47.7 Å². The summed E-state index contributed by atoms with van der Waals surface area (Å²) in [6.45, 7) is 33.8. The molecule has 3 aliphatic carbocycles. The number of fused-ring (bicyclic) bond motifs is 5. The molecule has 2 saturated carbocycles. The second kappa shape index (κ2) is 25.9. The number of hydrogen-bond donors (Lipinski definition) is 2. The number of para-hydroxylation sites is 1. The van der Waals surface area contributed by atoms with E-state index >= 15 is 14.4 Å². The van der Waals surface area contributed by atoms with Crippen LogP contribution in [-0.2, 0) is 51.7 Å². The summed E-state index contributed by atoms with van der Waals surface area (Å²) in [6, 6.07) is 24.5. The van der Waals surface area contributed by atoms with Gasteiger partial charge in [-0.15, -0.1) is 0 Å². The summed E-state index contributed by atoms with van der Waals surface area (Å²) < 4.78 is 54.3. The maximum absolute atomic E-state index is 16.8. The van der Waals surface area contributed by atoms with Gasteiger partial charge in [0.1, 0.15) is 36.3 Å². The second-order valence-corrected chi connectivity index (χ2v) is 35.0. The van der Waals surface area contributed by atoms with E-state index < -0.39 is 129 Å². The molecule has 1 saturated heterocycles. The van der Waals surface area contributed by atoms with Crippen molar-refractivity contribution >= 4 is 52.2 Å². The number of nitrogens with one attached hydrogen (secondary N) is 1. The van der Waals surface area contributed by atoms with Gasteiger partial charge >= 0.3 is 23.9 Å². The van der Waals surface area contributed by atoms with Crippen molar-refractivity contribution in [3.63, 3.8) is 0 Å². The van der Waals surface area contributed by atoms with Gasteiger partial charge in [-0.2, -0.15) is 0 Å². The van der Waals surface area contributed by atoms with Crippen molar-refractivity contribution in [1.82, 2.24) is 5.32 Å². The van der Waals surface area contributed by atoms with Crippen LogP contribution in [0.5, 0.6) is 5.75 Å². The number of aliphatic hydroxyl groups is 1. The van der Waals surface area contributed by atoms with Gasteiger partial charge in [0.25, 0.3) is 5.91 Å². The average molecular weight is 1190 g/mol. The van der Waals surface area contributed by atoms with Gasteiger partial charge in [-0.05, 0) is 90.1 Å². The molecule has 4 aliphatic rings. The Morgan fingerprint density at radius 2 is 1.38 bits per heavy atom. The maximum Gasteiger partial charge on any atom is 0.338 e. The third kappa shape index (κ3) is 11.7. The van der Waals surface area contributed by atoms with E-state index in [1.165, 1.54) is 6.92 Å². The summed E-state index contributed by atoms with van der Waals surface area (Å²) in [5.74, 6) is -5.85. The lowest BCUT2D eigenvalue weighted by atomic mass is 9.44. The van der Waals surface area contributed by atoms with Crippen molar-refractivity contribution < 1.29 is 71.1 Å². The molecule has 7 rings (SSSR count). The Morgan fingerprint density at radius 1 is 0.810 bits per heavy atom. The van der Waals surface area contributed by atoms with Gasteiger partial charge in [0.2, 0.25) is 8.32 Å². The zero-order valence-electron chi connectivity index (χ0n) is 51.6. The molecule has 3 aromatic rings. The lowest BCUT2D eigenvalue weighted by molar-refractivity contribution is -0.344. The minimum Gasteiger partial charge on any atom is -0.489 e. The molecule has 3 aromatic carbocycles. The predicted molar refractivity (Wildman–Crippen MR) is 324 cm³/mol. The molecule has 0 radical (unpaired) electrons. The van der Waals surface area contributed by atoms with E-state index in [1.807, 2.05) is 0 Å². The van der Waals surface area contributed by atoms with Gasteiger partial charge in [0.05, 0.1) is 35.6 Å². The number of benzene rings is 3. The molecule has 3 fully saturated rings. The lowest BCUT2D eigenvalue weighted by Gasteiger charge is -2.68. The van der Waals surface area contributed by atoms with Crippen molar-refractivity contribution in [2.75, 3.05) is 13.2 Å². The van der Waals surface area contributed by atoms with Crippen LogP contribution in [0, 0.1) is 16.7 Å². The molecule has 1 amide bonds. The van der Waals surface area contributed by atoms with E-state index in [9.17, 15) is 19.5 Å². The largest absolute Gasteiger partial charge is 0.489 e. The van der Waals surface area contributed by atoms with Crippen molar-refractivity contribution in [2.24, 2.45) is 16.7 Å². The van der Waals surface area contributed by atoms with Crippen molar-refractivity contribution in [3.8, 4) is 5.75 Å². The quantitative estimate of drug-likeness (QED) is 0.0281. The number of hydrogen-bond acceptors (Lipinski definition) is 15. The van der Waals surface area contributed by atoms with E-state index in [2.05, 4.69) is 80.8 Å².